The first-order valence-electron chi connectivity index (χ1n) is 9.72. The van der Waals surface area contributed by atoms with Gasteiger partial charge in [0.05, 0.1) is 17.4 Å². The summed E-state index contributed by atoms with van der Waals surface area (Å²) in [7, 11) is 0. The van der Waals surface area contributed by atoms with Gasteiger partial charge in [0.2, 0.25) is 0 Å². The van der Waals surface area contributed by atoms with Crippen molar-refractivity contribution in [3.8, 4) is 0 Å². The number of H-pyrrole nitrogens is 1. The van der Waals surface area contributed by atoms with E-state index in [4.69, 9.17) is 0 Å². The molecule has 0 radical (unpaired) electrons. The Hall–Kier alpha value is -4.14. The lowest BCUT2D eigenvalue weighted by Crippen LogP contribution is -2.17. The van der Waals surface area contributed by atoms with Gasteiger partial charge in [-0.3, -0.25) is 9.78 Å². The SMILES string of the molecule is O=C(Nc1cnc2[nH]ccc2c1)c1cc2ccc(C(F)(F)F)cc2n1Cc1ccncc1. The second-order valence-corrected chi connectivity index (χ2v) is 7.34. The Morgan fingerprint density at radius 2 is 1.84 bits per heavy atom. The van der Waals surface area contributed by atoms with Gasteiger partial charge in [0.25, 0.3) is 5.91 Å². The van der Waals surface area contributed by atoms with Crippen molar-refractivity contribution < 1.29 is 18.0 Å². The lowest BCUT2D eigenvalue weighted by atomic mass is 10.1. The number of amides is 1. The molecule has 160 valence electrons. The molecule has 0 aliphatic heterocycles. The second kappa shape index (κ2) is 7.52. The molecular weight excluding hydrogens is 419 g/mol. The zero-order valence-corrected chi connectivity index (χ0v) is 16.5. The van der Waals surface area contributed by atoms with Crippen molar-refractivity contribution in [3.63, 3.8) is 0 Å². The van der Waals surface area contributed by atoms with E-state index in [0.29, 0.717) is 22.2 Å². The fraction of sp³-hybridized carbons (Fsp3) is 0.0870. The van der Waals surface area contributed by atoms with Crippen LogP contribution in [0.25, 0.3) is 21.9 Å². The maximum absolute atomic E-state index is 13.3. The number of fused-ring (bicyclic) bond motifs is 2. The Morgan fingerprint density at radius 3 is 2.62 bits per heavy atom. The lowest BCUT2D eigenvalue weighted by molar-refractivity contribution is -0.137. The molecule has 32 heavy (non-hydrogen) atoms. The molecule has 2 N–H and O–H groups in total. The highest BCUT2D eigenvalue weighted by Gasteiger charge is 2.31. The van der Waals surface area contributed by atoms with Crippen LogP contribution in [-0.4, -0.2) is 25.4 Å². The van der Waals surface area contributed by atoms with Crippen molar-refractivity contribution in [2.75, 3.05) is 5.32 Å². The molecule has 4 heterocycles. The van der Waals surface area contributed by atoms with E-state index in [0.717, 1.165) is 23.1 Å². The van der Waals surface area contributed by atoms with Crippen LogP contribution in [0.3, 0.4) is 0 Å². The van der Waals surface area contributed by atoms with Crippen molar-refractivity contribution in [1.82, 2.24) is 19.5 Å². The smallest absolute Gasteiger partial charge is 0.346 e. The van der Waals surface area contributed by atoms with E-state index >= 15 is 0 Å². The van der Waals surface area contributed by atoms with Gasteiger partial charge in [-0.1, -0.05) is 6.07 Å². The first kappa shape index (κ1) is 19.8. The lowest BCUT2D eigenvalue weighted by Gasteiger charge is -2.13. The van der Waals surface area contributed by atoms with E-state index in [-0.39, 0.29) is 12.2 Å². The fourth-order valence-electron chi connectivity index (χ4n) is 3.66. The minimum atomic E-state index is -4.49. The largest absolute Gasteiger partial charge is 0.416 e. The van der Waals surface area contributed by atoms with Crippen LogP contribution in [-0.2, 0) is 12.7 Å². The van der Waals surface area contributed by atoms with Crippen LogP contribution >= 0.6 is 0 Å². The molecule has 5 rings (SSSR count). The van der Waals surface area contributed by atoms with E-state index in [9.17, 15) is 18.0 Å². The minimum Gasteiger partial charge on any atom is -0.346 e. The summed E-state index contributed by atoms with van der Waals surface area (Å²) in [4.78, 5) is 24.3. The number of hydrogen-bond donors (Lipinski definition) is 2. The van der Waals surface area contributed by atoms with Gasteiger partial charge in [-0.15, -0.1) is 0 Å². The van der Waals surface area contributed by atoms with Crippen molar-refractivity contribution in [2.45, 2.75) is 12.7 Å². The molecule has 0 bridgehead atoms. The first-order chi connectivity index (χ1) is 15.4. The summed E-state index contributed by atoms with van der Waals surface area (Å²) in [6.45, 7) is 0.213. The Balaban J connectivity index is 1.58. The second-order valence-electron chi connectivity index (χ2n) is 7.34. The normalized spacial score (nSPS) is 11.8. The van der Waals surface area contributed by atoms with Gasteiger partial charge >= 0.3 is 6.18 Å². The van der Waals surface area contributed by atoms with E-state index in [1.165, 1.54) is 12.3 Å². The number of anilines is 1. The number of carbonyl (C=O) groups excluding carboxylic acids is 1. The third-order valence-corrected chi connectivity index (χ3v) is 5.21. The van der Waals surface area contributed by atoms with E-state index < -0.39 is 17.6 Å². The fourth-order valence-corrected chi connectivity index (χ4v) is 3.66. The van der Waals surface area contributed by atoms with Crippen molar-refractivity contribution in [2.24, 2.45) is 0 Å². The Bertz CT molecular complexity index is 1440. The summed E-state index contributed by atoms with van der Waals surface area (Å²) in [6.07, 6.45) is 1.97. The van der Waals surface area contributed by atoms with Crippen molar-refractivity contribution in [1.29, 1.82) is 0 Å². The maximum Gasteiger partial charge on any atom is 0.416 e. The van der Waals surface area contributed by atoms with Crippen LogP contribution in [0.4, 0.5) is 18.9 Å². The summed E-state index contributed by atoms with van der Waals surface area (Å²) >= 11 is 0. The Kier molecular flexibility index (Phi) is 4.66. The summed E-state index contributed by atoms with van der Waals surface area (Å²) in [5.74, 6) is -0.444. The van der Waals surface area contributed by atoms with Crippen LogP contribution in [0, 0.1) is 0 Å². The van der Waals surface area contributed by atoms with Gasteiger partial charge < -0.3 is 14.9 Å². The molecule has 6 nitrogen and oxygen atoms in total. The standard InChI is InChI=1S/C23H16F3N5O/c24-23(25,26)17-2-1-15-10-20(31(19(15)11-17)13-14-3-6-27-7-4-14)22(32)30-18-9-16-5-8-28-21(16)29-12-18/h1-12H,13H2,(H,28,29)(H,30,32). The molecular formula is C23H16F3N5O. The molecule has 5 aromatic rings. The number of nitrogens with zero attached hydrogens (tertiary/aromatic N) is 3. The molecule has 1 aromatic carbocycles. The third-order valence-electron chi connectivity index (χ3n) is 5.21. The van der Waals surface area contributed by atoms with Crippen LogP contribution in [0.2, 0.25) is 0 Å². The molecule has 0 aliphatic rings. The highest BCUT2D eigenvalue weighted by Crippen LogP contribution is 2.33. The van der Waals surface area contributed by atoms with E-state index in [2.05, 4.69) is 20.3 Å². The molecule has 0 spiro atoms. The molecule has 0 saturated heterocycles. The number of pyridine rings is 2. The number of aromatic amines is 1. The number of aromatic nitrogens is 4. The van der Waals surface area contributed by atoms with E-state index in [1.54, 1.807) is 47.4 Å². The molecule has 4 aromatic heterocycles. The summed E-state index contributed by atoms with van der Waals surface area (Å²) in [6, 6.07) is 12.2. The van der Waals surface area contributed by atoms with Crippen LogP contribution in [0.15, 0.2) is 73.3 Å². The third kappa shape index (κ3) is 3.68. The number of nitrogens with one attached hydrogen (secondary N) is 2. The van der Waals surface area contributed by atoms with Gasteiger partial charge in [-0.2, -0.15) is 13.2 Å². The monoisotopic (exact) mass is 435 g/mol. The van der Waals surface area contributed by atoms with Crippen LogP contribution < -0.4 is 5.32 Å². The quantitative estimate of drug-likeness (QED) is 0.406. The van der Waals surface area contributed by atoms with Crippen molar-refractivity contribution in [3.05, 3.63) is 90.1 Å². The number of carbonyl (C=O) groups is 1. The Labute approximate surface area is 179 Å². The Morgan fingerprint density at radius 1 is 1.03 bits per heavy atom. The predicted octanol–water partition coefficient (Wildman–Crippen LogP) is 5.23. The minimum absolute atomic E-state index is 0.213. The van der Waals surface area contributed by atoms with Crippen LogP contribution in [0.1, 0.15) is 21.6 Å². The molecule has 1 amide bonds. The zero-order valence-electron chi connectivity index (χ0n) is 16.5. The maximum atomic E-state index is 13.3. The van der Waals surface area contributed by atoms with Gasteiger partial charge in [0.15, 0.2) is 0 Å². The number of hydrogen-bond acceptors (Lipinski definition) is 3. The van der Waals surface area contributed by atoms with Crippen LogP contribution in [0.5, 0.6) is 0 Å². The highest BCUT2D eigenvalue weighted by molar-refractivity contribution is 6.07. The van der Waals surface area contributed by atoms with E-state index in [1.807, 2.05) is 6.07 Å². The molecule has 0 fully saturated rings. The van der Waals surface area contributed by atoms with Gasteiger partial charge in [0.1, 0.15) is 11.3 Å². The topological polar surface area (TPSA) is 75.6 Å². The average Bonchev–Trinajstić information content (AvgIpc) is 3.38. The van der Waals surface area contributed by atoms with Crippen molar-refractivity contribution >= 4 is 33.5 Å². The molecule has 0 aliphatic carbocycles. The average molecular weight is 435 g/mol. The number of rotatable bonds is 4. The first-order valence-corrected chi connectivity index (χ1v) is 9.72. The number of alkyl halides is 3. The summed E-state index contributed by atoms with van der Waals surface area (Å²) < 4.78 is 41.5. The molecule has 0 atom stereocenters. The van der Waals surface area contributed by atoms with Gasteiger partial charge in [-0.05, 0) is 48.0 Å². The molecule has 0 unspecified atom stereocenters. The summed E-state index contributed by atoms with van der Waals surface area (Å²) in [5, 5.41) is 4.17. The summed E-state index contributed by atoms with van der Waals surface area (Å²) in [5.41, 5.74) is 1.77. The number of halogens is 3. The van der Waals surface area contributed by atoms with Gasteiger partial charge in [-0.25, -0.2) is 4.98 Å². The predicted molar refractivity (Wildman–Crippen MR) is 114 cm³/mol. The number of benzene rings is 1. The molecule has 0 saturated carbocycles. The van der Waals surface area contributed by atoms with Gasteiger partial charge in [0, 0.05) is 41.4 Å². The highest BCUT2D eigenvalue weighted by atomic mass is 19.4. The zero-order chi connectivity index (χ0) is 22.3. The molecule has 9 heteroatoms.